The van der Waals surface area contributed by atoms with Crippen LogP contribution in [0, 0.1) is 5.82 Å². The zero-order chi connectivity index (χ0) is 10.6. The SMILES string of the molecule is CN(CCN)Cc1ccc(Cl)c(F)c1. The zero-order valence-corrected chi connectivity index (χ0v) is 8.89. The smallest absolute Gasteiger partial charge is 0.142 e. The number of halogens is 2. The van der Waals surface area contributed by atoms with E-state index in [1.54, 1.807) is 6.07 Å². The predicted octanol–water partition coefficient (Wildman–Crippen LogP) is 1.87. The van der Waals surface area contributed by atoms with E-state index in [0.717, 1.165) is 12.1 Å². The molecule has 2 N–H and O–H groups in total. The van der Waals surface area contributed by atoms with Gasteiger partial charge in [-0.3, -0.25) is 0 Å². The van der Waals surface area contributed by atoms with Gasteiger partial charge < -0.3 is 10.6 Å². The second-order valence-electron chi connectivity index (χ2n) is 3.27. The Morgan fingerprint density at radius 3 is 2.79 bits per heavy atom. The normalized spacial score (nSPS) is 10.9. The van der Waals surface area contributed by atoms with E-state index >= 15 is 0 Å². The Hall–Kier alpha value is -0.640. The Balaban J connectivity index is 2.63. The summed E-state index contributed by atoms with van der Waals surface area (Å²) >= 11 is 5.57. The first kappa shape index (κ1) is 11.4. The molecule has 0 fully saturated rings. The summed E-state index contributed by atoms with van der Waals surface area (Å²) in [7, 11) is 1.94. The molecule has 0 unspecified atom stereocenters. The third-order valence-corrected chi connectivity index (χ3v) is 2.25. The first-order valence-corrected chi connectivity index (χ1v) is 4.84. The molecular formula is C10H14ClFN2. The molecular weight excluding hydrogens is 203 g/mol. The molecule has 0 heterocycles. The summed E-state index contributed by atoms with van der Waals surface area (Å²) in [6.07, 6.45) is 0. The van der Waals surface area contributed by atoms with Gasteiger partial charge in [0.15, 0.2) is 0 Å². The maximum absolute atomic E-state index is 13.0. The fourth-order valence-corrected chi connectivity index (χ4v) is 1.37. The van der Waals surface area contributed by atoms with E-state index in [4.69, 9.17) is 17.3 Å². The third kappa shape index (κ3) is 3.25. The molecule has 1 aromatic carbocycles. The van der Waals surface area contributed by atoms with Crippen LogP contribution in [0.15, 0.2) is 18.2 Å². The van der Waals surface area contributed by atoms with Crippen LogP contribution in [-0.2, 0) is 6.54 Å². The van der Waals surface area contributed by atoms with Crippen LogP contribution < -0.4 is 5.73 Å². The van der Waals surface area contributed by atoms with Crippen LogP contribution in [0.2, 0.25) is 5.02 Å². The molecule has 0 bridgehead atoms. The maximum Gasteiger partial charge on any atom is 0.142 e. The fourth-order valence-electron chi connectivity index (χ4n) is 1.25. The first-order chi connectivity index (χ1) is 6.63. The van der Waals surface area contributed by atoms with Crippen molar-refractivity contribution >= 4 is 11.6 Å². The van der Waals surface area contributed by atoms with Gasteiger partial charge in [0.1, 0.15) is 5.82 Å². The predicted molar refractivity (Wildman–Crippen MR) is 56.8 cm³/mol. The van der Waals surface area contributed by atoms with Crippen LogP contribution in [0.3, 0.4) is 0 Å². The highest BCUT2D eigenvalue weighted by Gasteiger charge is 2.03. The number of benzene rings is 1. The van der Waals surface area contributed by atoms with Gasteiger partial charge >= 0.3 is 0 Å². The van der Waals surface area contributed by atoms with Crippen LogP contribution in [0.4, 0.5) is 4.39 Å². The quantitative estimate of drug-likeness (QED) is 0.833. The van der Waals surface area contributed by atoms with Gasteiger partial charge in [-0.1, -0.05) is 17.7 Å². The lowest BCUT2D eigenvalue weighted by Gasteiger charge is -2.15. The van der Waals surface area contributed by atoms with Crippen molar-refractivity contribution in [2.75, 3.05) is 20.1 Å². The zero-order valence-electron chi connectivity index (χ0n) is 8.13. The molecule has 2 nitrogen and oxygen atoms in total. The Morgan fingerprint density at radius 2 is 2.21 bits per heavy atom. The van der Waals surface area contributed by atoms with Crippen molar-refractivity contribution in [2.45, 2.75) is 6.54 Å². The number of nitrogens with two attached hydrogens (primary N) is 1. The Labute approximate surface area is 88.5 Å². The summed E-state index contributed by atoms with van der Waals surface area (Å²) in [5, 5.41) is 0.162. The molecule has 0 saturated heterocycles. The molecule has 0 spiro atoms. The van der Waals surface area contributed by atoms with Crippen LogP contribution in [0.5, 0.6) is 0 Å². The number of nitrogens with zero attached hydrogens (tertiary/aromatic N) is 1. The van der Waals surface area contributed by atoms with Crippen molar-refractivity contribution in [1.82, 2.24) is 4.90 Å². The molecule has 0 radical (unpaired) electrons. The molecule has 1 aromatic rings. The van der Waals surface area contributed by atoms with Crippen molar-refractivity contribution in [3.05, 3.63) is 34.6 Å². The second-order valence-corrected chi connectivity index (χ2v) is 3.68. The Morgan fingerprint density at radius 1 is 1.50 bits per heavy atom. The van der Waals surface area contributed by atoms with Gasteiger partial charge in [0, 0.05) is 19.6 Å². The fraction of sp³-hybridized carbons (Fsp3) is 0.400. The molecule has 14 heavy (non-hydrogen) atoms. The maximum atomic E-state index is 13.0. The van der Waals surface area contributed by atoms with Crippen molar-refractivity contribution in [1.29, 1.82) is 0 Å². The molecule has 0 aliphatic carbocycles. The van der Waals surface area contributed by atoms with Crippen LogP contribution in [0.1, 0.15) is 5.56 Å². The topological polar surface area (TPSA) is 29.3 Å². The molecule has 4 heteroatoms. The first-order valence-electron chi connectivity index (χ1n) is 4.46. The van der Waals surface area contributed by atoms with Gasteiger partial charge in [-0.05, 0) is 24.7 Å². The molecule has 78 valence electrons. The van der Waals surface area contributed by atoms with Gasteiger partial charge in [-0.2, -0.15) is 0 Å². The summed E-state index contributed by atoms with van der Waals surface area (Å²) in [6.45, 7) is 2.09. The monoisotopic (exact) mass is 216 g/mol. The largest absolute Gasteiger partial charge is 0.329 e. The molecule has 0 saturated carbocycles. The summed E-state index contributed by atoms with van der Waals surface area (Å²) < 4.78 is 13.0. The van der Waals surface area contributed by atoms with Crippen LogP contribution in [0.25, 0.3) is 0 Å². The van der Waals surface area contributed by atoms with Gasteiger partial charge in [0.05, 0.1) is 5.02 Å². The highest BCUT2D eigenvalue weighted by molar-refractivity contribution is 6.30. The summed E-state index contributed by atoms with van der Waals surface area (Å²) in [6, 6.07) is 4.84. The molecule has 1 rings (SSSR count). The van der Waals surface area contributed by atoms with E-state index < -0.39 is 0 Å². The number of hydrogen-bond donors (Lipinski definition) is 1. The average Bonchev–Trinajstić information content (AvgIpc) is 2.12. The standard InChI is InChI=1S/C10H14ClFN2/c1-14(5-4-13)7-8-2-3-9(11)10(12)6-8/h2-3,6H,4-5,7,13H2,1H3. The van der Waals surface area contributed by atoms with E-state index in [9.17, 15) is 4.39 Å². The molecule has 0 aliphatic rings. The van der Waals surface area contributed by atoms with E-state index in [1.165, 1.54) is 6.07 Å². The van der Waals surface area contributed by atoms with Crippen LogP contribution in [-0.4, -0.2) is 25.0 Å². The summed E-state index contributed by atoms with van der Waals surface area (Å²) in [5.41, 5.74) is 6.31. The van der Waals surface area contributed by atoms with Crippen molar-refractivity contribution in [3.8, 4) is 0 Å². The number of likely N-dealkylation sites (N-methyl/N-ethyl adjacent to an activating group) is 1. The molecule has 0 amide bonds. The van der Waals surface area contributed by atoms with Gasteiger partial charge in [0.25, 0.3) is 0 Å². The Bertz CT molecular complexity index is 304. The van der Waals surface area contributed by atoms with E-state index in [2.05, 4.69) is 0 Å². The van der Waals surface area contributed by atoms with E-state index in [0.29, 0.717) is 13.1 Å². The van der Waals surface area contributed by atoms with E-state index in [1.807, 2.05) is 18.0 Å². The average molecular weight is 217 g/mol. The third-order valence-electron chi connectivity index (χ3n) is 1.95. The van der Waals surface area contributed by atoms with Gasteiger partial charge in [-0.15, -0.1) is 0 Å². The second kappa shape index (κ2) is 5.29. The van der Waals surface area contributed by atoms with Gasteiger partial charge in [0.2, 0.25) is 0 Å². The minimum Gasteiger partial charge on any atom is -0.329 e. The summed E-state index contributed by atoms with van der Waals surface area (Å²) in [4.78, 5) is 2.03. The van der Waals surface area contributed by atoms with Crippen molar-refractivity contribution < 1.29 is 4.39 Å². The highest BCUT2D eigenvalue weighted by atomic mass is 35.5. The molecule has 0 atom stereocenters. The van der Waals surface area contributed by atoms with Crippen molar-refractivity contribution in [2.24, 2.45) is 5.73 Å². The lowest BCUT2D eigenvalue weighted by molar-refractivity contribution is 0.336. The lowest BCUT2D eigenvalue weighted by Crippen LogP contribution is -2.24. The highest BCUT2D eigenvalue weighted by Crippen LogP contribution is 2.16. The Kier molecular flexibility index (Phi) is 4.32. The minimum atomic E-state index is -0.370. The van der Waals surface area contributed by atoms with Crippen LogP contribution >= 0.6 is 11.6 Å². The summed E-state index contributed by atoms with van der Waals surface area (Å²) in [5.74, 6) is -0.370. The number of rotatable bonds is 4. The molecule has 0 aliphatic heterocycles. The van der Waals surface area contributed by atoms with E-state index in [-0.39, 0.29) is 10.8 Å². The number of hydrogen-bond acceptors (Lipinski definition) is 2. The lowest BCUT2D eigenvalue weighted by atomic mass is 10.2. The minimum absolute atomic E-state index is 0.162. The van der Waals surface area contributed by atoms with Gasteiger partial charge in [-0.25, -0.2) is 4.39 Å². The molecule has 0 aromatic heterocycles. The van der Waals surface area contributed by atoms with Crippen molar-refractivity contribution in [3.63, 3.8) is 0 Å².